The smallest absolute Gasteiger partial charge is 0.250 e. The van der Waals surface area contributed by atoms with Crippen molar-refractivity contribution in [1.29, 1.82) is 0 Å². The number of hydrogen-bond donors (Lipinski definition) is 1. The Morgan fingerprint density at radius 3 is 2.60 bits per heavy atom. The van der Waals surface area contributed by atoms with Crippen LogP contribution in [0.3, 0.4) is 0 Å². The van der Waals surface area contributed by atoms with E-state index < -0.39 is 10.0 Å². The van der Waals surface area contributed by atoms with Crippen LogP contribution in [-0.4, -0.2) is 68.1 Å². The van der Waals surface area contributed by atoms with Gasteiger partial charge in [-0.05, 0) is 73.9 Å². The summed E-state index contributed by atoms with van der Waals surface area (Å²) >= 11 is 5.90. The summed E-state index contributed by atoms with van der Waals surface area (Å²) in [5, 5.41) is 0.529. The van der Waals surface area contributed by atoms with Gasteiger partial charge in [-0.1, -0.05) is 17.7 Å². The third-order valence-corrected chi connectivity index (χ3v) is 10.4. The van der Waals surface area contributed by atoms with Crippen molar-refractivity contribution in [2.75, 3.05) is 39.3 Å². The summed E-state index contributed by atoms with van der Waals surface area (Å²) in [6, 6.07) is 12.3. The molecule has 4 saturated heterocycles. The van der Waals surface area contributed by atoms with Gasteiger partial charge in [-0.15, -0.1) is 0 Å². The second kappa shape index (κ2) is 9.30. The molecule has 0 spiro atoms. The topological polar surface area (TPSA) is 74.7 Å². The number of pyridine rings is 1. The Bertz CT molecular complexity index is 1250. The minimum Gasteiger partial charge on any atom is -0.312 e. The average Bonchev–Trinajstić information content (AvgIpc) is 2.84. The third-order valence-electron chi connectivity index (χ3n) is 8.70. The second-order valence-corrected chi connectivity index (χ2v) is 13.1. The van der Waals surface area contributed by atoms with Gasteiger partial charge < -0.3 is 9.47 Å². The molecule has 1 N–H and O–H groups in total. The van der Waals surface area contributed by atoms with Crippen LogP contribution in [0.4, 0.5) is 0 Å². The van der Waals surface area contributed by atoms with Crippen LogP contribution in [-0.2, 0) is 16.6 Å². The van der Waals surface area contributed by atoms with Gasteiger partial charge in [-0.3, -0.25) is 9.69 Å². The van der Waals surface area contributed by atoms with Gasteiger partial charge in [-0.2, -0.15) is 0 Å². The molecule has 6 atom stereocenters. The van der Waals surface area contributed by atoms with Crippen molar-refractivity contribution >= 4 is 21.6 Å². The van der Waals surface area contributed by atoms with E-state index in [9.17, 15) is 13.2 Å². The van der Waals surface area contributed by atoms with Crippen molar-refractivity contribution in [3.8, 4) is 0 Å². The molecule has 5 aliphatic rings. The maximum atomic E-state index is 12.7. The quantitative estimate of drug-likeness (QED) is 0.639. The highest BCUT2D eigenvalue weighted by Gasteiger charge is 2.42. The van der Waals surface area contributed by atoms with Crippen LogP contribution in [0.5, 0.6) is 0 Å². The van der Waals surface area contributed by atoms with E-state index in [0.29, 0.717) is 35.2 Å². The highest BCUT2D eigenvalue weighted by molar-refractivity contribution is 7.89. The lowest BCUT2D eigenvalue weighted by molar-refractivity contribution is -0.0187. The van der Waals surface area contributed by atoms with Gasteiger partial charge in [0.1, 0.15) is 0 Å². The number of hydrogen-bond acceptors (Lipinski definition) is 5. The van der Waals surface area contributed by atoms with E-state index in [0.717, 1.165) is 45.7 Å². The molecule has 0 amide bonds. The van der Waals surface area contributed by atoms with Crippen molar-refractivity contribution in [3.05, 3.63) is 63.5 Å². The van der Waals surface area contributed by atoms with Crippen molar-refractivity contribution < 1.29 is 8.42 Å². The van der Waals surface area contributed by atoms with Crippen molar-refractivity contribution in [2.24, 2.45) is 17.8 Å². The van der Waals surface area contributed by atoms with Gasteiger partial charge in [0.25, 0.3) is 5.56 Å². The Morgan fingerprint density at radius 2 is 1.83 bits per heavy atom. The van der Waals surface area contributed by atoms with Gasteiger partial charge in [0, 0.05) is 68.0 Å². The second-order valence-electron chi connectivity index (χ2n) is 10.9. The van der Waals surface area contributed by atoms with E-state index in [1.54, 1.807) is 30.3 Å². The van der Waals surface area contributed by atoms with E-state index in [2.05, 4.69) is 20.6 Å². The molecule has 5 aliphatic heterocycles. The Labute approximate surface area is 212 Å². The molecule has 9 heteroatoms. The Kier molecular flexibility index (Phi) is 6.29. The molecule has 6 unspecified atom stereocenters. The van der Waals surface area contributed by atoms with Crippen LogP contribution in [0, 0.1) is 17.8 Å². The van der Waals surface area contributed by atoms with Gasteiger partial charge in [0.15, 0.2) is 0 Å². The minimum atomic E-state index is -3.53. The van der Waals surface area contributed by atoms with Crippen molar-refractivity contribution in [2.45, 2.75) is 42.7 Å². The first-order valence-electron chi connectivity index (χ1n) is 12.8. The predicted molar refractivity (Wildman–Crippen MR) is 136 cm³/mol. The van der Waals surface area contributed by atoms with Gasteiger partial charge in [-0.25, -0.2) is 13.1 Å². The number of aromatic nitrogens is 1. The van der Waals surface area contributed by atoms with Crippen LogP contribution in [0.1, 0.15) is 30.9 Å². The number of halogens is 1. The van der Waals surface area contributed by atoms with Crippen LogP contribution in [0.25, 0.3) is 0 Å². The Balaban J connectivity index is 1.06. The van der Waals surface area contributed by atoms with Gasteiger partial charge in [0.2, 0.25) is 10.0 Å². The zero-order chi connectivity index (χ0) is 24.2. The first kappa shape index (κ1) is 23.7. The summed E-state index contributed by atoms with van der Waals surface area (Å²) in [7, 11) is -3.53. The number of benzene rings is 1. The normalized spacial score (nSPS) is 32.4. The van der Waals surface area contributed by atoms with Crippen LogP contribution < -0.4 is 10.3 Å². The minimum absolute atomic E-state index is 0.140. The molecular formula is C26H33ClN4O3S. The molecule has 2 aromatic rings. The maximum absolute atomic E-state index is 12.7. The molecule has 1 aromatic carbocycles. The molecule has 35 heavy (non-hydrogen) atoms. The first-order chi connectivity index (χ1) is 16.9. The molecule has 7 nitrogen and oxygen atoms in total. The first-order valence-corrected chi connectivity index (χ1v) is 14.6. The summed E-state index contributed by atoms with van der Waals surface area (Å²) in [5.74, 6) is 2.27. The fraction of sp³-hybridized carbons (Fsp3) is 0.577. The van der Waals surface area contributed by atoms with E-state index >= 15 is 0 Å². The molecule has 4 bridgehead atoms. The number of piperidine rings is 4. The number of rotatable bonds is 6. The molecule has 7 rings (SSSR count). The fourth-order valence-corrected chi connectivity index (χ4v) is 8.25. The Hall–Kier alpha value is -1.71. The number of likely N-dealkylation sites (tertiary alicyclic amines) is 1. The number of fused-ring (bicyclic) bond motifs is 7. The highest BCUT2D eigenvalue weighted by Crippen LogP contribution is 2.39. The van der Waals surface area contributed by atoms with Crippen LogP contribution in [0.2, 0.25) is 5.02 Å². The van der Waals surface area contributed by atoms with E-state index in [1.807, 2.05) is 10.6 Å². The third kappa shape index (κ3) is 4.71. The maximum Gasteiger partial charge on any atom is 0.250 e. The van der Waals surface area contributed by atoms with Crippen molar-refractivity contribution in [1.82, 2.24) is 19.1 Å². The number of sulfonamides is 1. The zero-order valence-corrected chi connectivity index (χ0v) is 21.4. The summed E-state index contributed by atoms with van der Waals surface area (Å²) in [6.45, 7) is 6.61. The zero-order valence-electron chi connectivity index (χ0n) is 19.9. The number of nitrogens with one attached hydrogen (secondary N) is 1. The highest BCUT2D eigenvalue weighted by atomic mass is 35.5. The fourth-order valence-electron chi connectivity index (χ4n) is 7.05. The standard InChI is InChI=1S/C26H33ClN4O3S/c27-22-4-6-24(7-5-22)35(33,34)28-12-23-11-19-8-9-30(23)17-21(19)16-29-13-18-10-20(15-29)25-2-1-3-26(32)31(25)14-18/h1-7,18-21,23,28H,8-17H2. The predicted octanol–water partition coefficient (Wildman–Crippen LogP) is 2.61. The molecule has 6 heterocycles. The van der Waals surface area contributed by atoms with Crippen LogP contribution >= 0.6 is 11.6 Å². The molecule has 1 aromatic heterocycles. The lowest BCUT2D eigenvalue weighted by atomic mass is 9.74. The lowest BCUT2D eigenvalue weighted by Gasteiger charge is -2.52. The van der Waals surface area contributed by atoms with E-state index in [1.165, 1.54) is 18.5 Å². The molecule has 188 valence electrons. The molecule has 0 radical (unpaired) electrons. The van der Waals surface area contributed by atoms with Crippen molar-refractivity contribution in [3.63, 3.8) is 0 Å². The van der Waals surface area contributed by atoms with E-state index in [-0.39, 0.29) is 16.5 Å². The largest absolute Gasteiger partial charge is 0.312 e. The SMILES string of the molecule is O=c1cccc2n1CC1CC2CN(CC2CN3CCC2CC3CNS(=O)(=O)c2ccc(Cl)cc2)C1. The summed E-state index contributed by atoms with van der Waals surface area (Å²) in [4.78, 5) is 17.7. The van der Waals surface area contributed by atoms with Crippen LogP contribution in [0.15, 0.2) is 52.2 Å². The monoisotopic (exact) mass is 516 g/mol. The van der Waals surface area contributed by atoms with E-state index in [4.69, 9.17) is 11.6 Å². The Morgan fingerprint density at radius 1 is 1.00 bits per heavy atom. The summed E-state index contributed by atoms with van der Waals surface area (Å²) in [5.41, 5.74) is 1.35. The lowest BCUT2D eigenvalue weighted by Crippen LogP contribution is -2.59. The summed E-state index contributed by atoms with van der Waals surface area (Å²) < 4.78 is 30.3. The number of nitrogens with zero attached hydrogens (tertiary/aromatic N) is 3. The van der Waals surface area contributed by atoms with Gasteiger partial charge in [0.05, 0.1) is 4.90 Å². The summed E-state index contributed by atoms with van der Waals surface area (Å²) in [6.07, 6.45) is 3.44. The van der Waals surface area contributed by atoms with Gasteiger partial charge >= 0.3 is 0 Å². The molecule has 4 fully saturated rings. The molecular weight excluding hydrogens is 484 g/mol. The molecule has 0 saturated carbocycles. The average molecular weight is 517 g/mol. The molecule has 0 aliphatic carbocycles.